The maximum absolute atomic E-state index is 4.09. The molecule has 0 aliphatic rings. The smallest absolute Gasteiger partial charge is 0.0835 e. The molecule has 5 heteroatoms. The van der Waals surface area contributed by atoms with Gasteiger partial charge in [0.15, 0.2) is 0 Å². The zero-order chi connectivity index (χ0) is 11.2. The van der Waals surface area contributed by atoms with Crippen LogP contribution in [0.4, 0.5) is 0 Å². The molecular weight excluding hydrogens is 268 g/mol. The Hall–Kier alpha value is -1.23. The lowest BCUT2D eigenvalue weighted by Gasteiger charge is -1.99. The van der Waals surface area contributed by atoms with Gasteiger partial charge in [-0.05, 0) is 18.1 Å². The molecule has 0 saturated heterocycles. The minimum atomic E-state index is 0.848. The molecule has 0 N–H and O–H groups in total. The molecule has 2 aromatic rings. The third kappa shape index (κ3) is 3.13. The Labute approximate surface area is 103 Å². The largest absolute Gasteiger partial charge is 0.264 e. The van der Waals surface area contributed by atoms with E-state index in [4.69, 9.17) is 0 Å². The third-order valence-corrected chi connectivity index (χ3v) is 2.69. The first kappa shape index (κ1) is 11.3. The van der Waals surface area contributed by atoms with Gasteiger partial charge in [-0.3, -0.25) is 9.67 Å². The summed E-state index contributed by atoms with van der Waals surface area (Å²) in [6.45, 7) is 0.848. The quantitative estimate of drug-likeness (QED) is 0.786. The molecule has 0 radical (unpaired) electrons. The SMILES string of the molecule is BrCCc1cn(CCc2cccnc2)nn1. The molecule has 0 spiro atoms. The molecule has 2 aromatic heterocycles. The summed E-state index contributed by atoms with van der Waals surface area (Å²) < 4.78 is 1.88. The summed E-state index contributed by atoms with van der Waals surface area (Å²) in [7, 11) is 0. The fourth-order valence-electron chi connectivity index (χ4n) is 1.45. The summed E-state index contributed by atoms with van der Waals surface area (Å²) in [6, 6.07) is 4.02. The van der Waals surface area contributed by atoms with Crippen LogP contribution in [-0.4, -0.2) is 25.3 Å². The van der Waals surface area contributed by atoms with Gasteiger partial charge in [-0.2, -0.15) is 0 Å². The number of alkyl halides is 1. The second-order valence-corrected chi connectivity index (χ2v) is 4.32. The van der Waals surface area contributed by atoms with Crippen LogP contribution >= 0.6 is 15.9 Å². The van der Waals surface area contributed by atoms with Crippen molar-refractivity contribution < 1.29 is 0 Å². The molecule has 0 saturated carbocycles. The second-order valence-electron chi connectivity index (χ2n) is 3.52. The van der Waals surface area contributed by atoms with Gasteiger partial charge in [-0.25, -0.2) is 0 Å². The van der Waals surface area contributed by atoms with Crippen LogP contribution in [0, 0.1) is 0 Å². The molecule has 0 atom stereocenters. The Morgan fingerprint density at radius 1 is 1.31 bits per heavy atom. The molecule has 0 fully saturated rings. The second kappa shape index (κ2) is 5.75. The summed E-state index contributed by atoms with van der Waals surface area (Å²) in [6.07, 6.45) is 7.53. The van der Waals surface area contributed by atoms with Gasteiger partial charge in [-0.15, -0.1) is 5.10 Å². The molecule has 2 rings (SSSR count). The van der Waals surface area contributed by atoms with Gasteiger partial charge in [0.1, 0.15) is 0 Å². The number of halogens is 1. The summed E-state index contributed by atoms with van der Waals surface area (Å²) in [5, 5.41) is 9.09. The lowest BCUT2D eigenvalue weighted by molar-refractivity contribution is 0.588. The molecule has 4 nitrogen and oxygen atoms in total. The van der Waals surface area contributed by atoms with E-state index in [2.05, 4.69) is 37.3 Å². The maximum Gasteiger partial charge on any atom is 0.0835 e. The van der Waals surface area contributed by atoms with E-state index < -0.39 is 0 Å². The van der Waals surface area contributed by atoms with Crippen molar-refractivity contribution in [2.24, 2.45) is 0 Å². The van der Waals surface area contributed by atoms with Crippen molar-refractivity contribution in [2.75, 3.05) is 5.33 Å². The fraction of sp³-hybridized carbons (Fsp3) is 0.364. The van der Waals surface area contributed by atoms with Crippen LogP contribution in [0.5, 0.6) is 0 Å². The van der Waals surface area contributed by atoms with Crippen molar-refractivity contribution in [3.63, 3.8) is 0 Å². The third-order valence-electron chi connectivity index (χ3n) is 2.29. The Morgan fingerprint density at radius 2 is 2.25 bits per heavy atom. The summed E-state index contributed by atoms with van der Waals surface area (Å²) >= 11 is 3.39. The normalized spacial score (nSPS) is 10.6. The summed E-state index contributed by atoms with van der Waals surface area (Å²) in [4.78, 5) is 4.08. The molecule has 0 aromatic carbocycles. The molecule has 16 heavy (non-hydrogen) atoms. The van der Waals surface area contributed by atoms with Crippen molar-refractivity contribution in [3.05, 3.63) is 42.0 Å². The standard InChI is InChI=1S/C11H13BrN4/c12-5-3-11-9-16(15-14-11)7-4-10-2-1-6-13-8-10/h1-2,6,8-9H,3-5,7H2. The van der Waals surface area contributed by atoms with Crippen molar-refractivity contribution in [1.29, 1.82) is 0 Å². The van der Waals surface area contributed by atoms with Crippen LogP contribution < -0.4 is 0 Å². The van der Waals surface area contributed by atoms with E-state index in [0.29, 0.717) is 0 Å². The number of hydrogen-bond acceptors (Lipinski definition) is 3. The molecule has 0 bridgehead atoms. The van der Waals surface area contributed by atoms with Crippen molar-refractivity contribution >= 4 is 15.9 Å². The Morgan fingerprint density at radius 3 is 3.00 bits per heavy atom. The first-order valence-electron chi connectivity index (χ1n) is 5.22. The van der Waals surface area contributed by atoms with E-state index in [9.17, 15) is 0 Å². The summed E-state index contributed by atoms with van der Waals surface area (Å²) in [5.74, 6) is 0. The first-order chi connectivity index (χ1) is 7.88. The predicted molar refractivity (Wildman–Crippen MR) is 65.5 cm³/mol. The molecule has 0 amide bonds. The molecule has 2 heterocycles. The Balaban J connectivity index is 1.89. The minimum Gasteiger partial charge on any atom is -0.264 e. The number of pyridine rings is 1. The monoisotopic (exact) mass is 280 g/mol. The summed E-state index contributed by atoms with van der Waals surface area (Å²) in [5.41, 5.74) is 2.25. The zero-order valence-electron chi connectivity index (χ0n) is 8.88. The molecule has 0 unspecified atom stereocenters. The average molecular weight is 281 g/mol. The van der Waals surface area contributed by atoms with Gasteiger partial charge in [0, 0.05) is 36.9 Å². The van der Waals surface area contributed by atoms with Crippen LogP contribution in [0.2, 0.25) is 0 Å². The van der Waals surface area contributed by atoms with E-state index >= 15 is 0 Å². The molecular formula is C11H13BrN4. The van der Waals surface area contributed by atoms with Crippen molar-refractivity contribution in [3.8, 4) is 0 Å². The van der Waals surface area contributed by atoms with Crippen LogP contribution in [0.1, 0.15) is 11.3 Å². The van der Waals surface area contributed by atoms with Crippen LogP contribution in [-0.2, 0) is 19.4 Å². The zero-order valence-corrected chi connectivity index (χ0v) is 10.5. The highest BCUT2D eigenvalue weighted by Gasteiger charge is 2.00. The number of aryl methyl sites for hydroxylation is 3. The minimum absolute atomic E-state index is 0.848. The average Bonchev–Trinajstić information content (AvgIpc) is 2.76. The van der Waals surface area contributed by atoms with Crippen molar-refractivity contribution in [2.45, 2.75) is 19.4 Å². The van der Waals surface area contributed by atoms with E-state index in [1.54, 1.807) is 6.20 Å². The van der Waals surface area contributed by atoms with Gasteiger partial charge in [-0.1, -0.05) is 27.2 Å². The predicted octanol–water partition coefficient (Wildman–Crippen LogP) is 1.85. The number of nitrogens with zero attached hydrogens (tertiary/aromatic N) is 4. The maximum atomic E-state index is 4.09. The van der Waals surface area contributed by atoms with Gasteiger partial charge in [0.25, 0.3) is 0 Å². The Bertz CT molecular complexity index is 427. The van der Waals surface area contributed by atoms with E-state index in [1.165, 1.54) is 5.56 Å². The Kier molecular flexibility index (Phi) is 4.04. The number of aromatic nitrogens is 4. The molecule has 0 aliphatic carbocycles. The van der Waals surface area contributed by atoms with Gasteiger partial charge in [0.2, 0.25) is 0 Å². The highest BCUT2D eigenvalue weighted by Crippen LogP contribution is 2.01. The van der Waals surface area contributed by atoms with Crippen LogP contribution in [0.15, 0.2) is 30.7 Å². The van der Waals surface area contributed by atoms with E-state index in [1.807, 2.05) is 23.1 Å². The molecule has 0 aliphatic heterocycles. The lowest BCUT2D eigenvalue weighted by atomic mass is 10.2. The van der Waals surface area contributed by atoms with Crippen LogP contribution in [0.3, 0.4) is 0 Å². The van der Waals surface area contributed by atoms with Crippen LogP contribution in [0.25, 0.3) is 0 Å². The van der Waals surface area contributed by atoms with Gasteiger partial charge >= 0.3 is 0 Å². The van der Waals surface area contributed by atoms with E-state index in [0.717, 1.165) is 30.4 Å². The number of rotatable bonds is 5. The highest BCUT2D eigenvalue weighted by molar-refractivity contribution is 9.09. The van der Waals surface area contributed by atoms with Gasteiger partial charge < -0.3 is 0 Å². The van der Waals surface area contributed by atoms with Gasteiger partial charge in [0.05, 0.1) is 5.69 Å². The molecule has 84 valence electrons. The first-order valence-corrected chi connectivity index (χ1v) is 6.34. The lowest BCUT2D eigenvalue weighted by Crippen LogP contribution is -2.02. The highest BCUT2D eigenvalue weighted by atomic mass is 79.9. The van der Waals surface area contributed by atoms with Crippen molar-refractivity contribution in [1.82, 2.24) is 20.0 Å². The fourth-order valence-corrected chi connectivity index (χ4v) is 1.86. The number of hydrogen-bond donors (Lipinski definition) is 0. The van der Waals surface area contributed by atoms with E-state index in [-0.39, 0.29) is 0 Å². The topological polar surface area (TPSA) is 43.6 Å².